The van der Waals surface area contributed by atoms with Gasteiger partial charge in [0.1, 0.15) is 10.2 Å². The molecule has 0 aliphatic carbocycles. The second-order valence-electron chi connectivity index (χ2n) is 0.979. The van der Waals surface area contributed by atoms with Gasteiger partial charge in [0, 0.05) is 0 Å². The molecule has 0 saturated carbocycles. The molecular weight excluding hydrogens is 228 g/mol. The summed E-state index contributed by atoms with van der Waals surface area (Å²) in [5, 5.41) is 0.00926. The van der Waals surface area contributed by atoms with E-state index in [-0.39, 0.29) is 27.3 Å². The fourth-order valence-electron chi connectivity index (χ4n) is 0. The molecule has 66 valence electrons. The van der Waals surface area contributed by atoms with Gasteiger partial charge in [0.05, 0.1) is 0 Å². The average molecular weight is 236 g/mol. The molecule has 6 nitrogen and oxygen atoms in total. The summed E-state index contributed by atoms with van der Waals surface area (Å²) in [6, 6.07) is 0. The molecule has 0 aliphatic heterocycles. The Labute approximate surface area is 85.8 Å². The number of hydrogen-bond acceptors (Lipinski definition) is 2. The first kappa shape index (κ1) is 17.1. The molecule has 0 atom stereocenters. The zero-order valence-corrected chi connectivity index (χ0v) is 8.06. The van der Waals surface area contributed by atoms with E-state index in [1.54, 1.807) is 10.9 Å². The van der Waals surface area contributed by atoms with Gasteiger partial charge in [-0.05, 0) is 24.4 Å². The minimum atomic E-state index is 0. The van der Waals surface area contributed by atoms with Crippen LogP contribution in [-0.2, 0) is 17.1 Å². The Morgan fingerprint density at radius 2 is 1.09 bits per heavy atom. The van der Waals surface area contributed by atoms with E-state index in [0.717, 1.165) is 0 Å². The monoisotopic (exact) mass is 236 g/mol. The van der Waals surface area contributed by atoms with Crippen LogP contribution in [0.25, 0.3) is 11.7 Å². The first-order valence-electron chi connectivity index (χ1n) is 1.99. The summed E-state index contributed by atoms with van der Waals surface area (Å²) in [6.07, 6.45) is 0. The molecule has 0 saturated heterocycles. The standard InChI is InChI=1S/2CH4N3S.Fe/c2*2-1(5)4-3;/h2*3H,(H3,2,4,5);/q2*-1;+2. The van der Waals surface area contributed by atoms with Crippen molar-refractivity contribution in [3.05, 3.63) is 11.7 Å². The number of rotatable bonds is 0. The van der Waals surface area contributed by atoms with Crippen molar-refractivity contribution in [1.82, 2.24) is 10.9 Å². The third-order valence-corrected chi connectivity index (χ3v) is 0.451. The molecule has 0 fully saturated rings. The van der Waals surface area contributed by atoms with Gasteiger partial charge in [-0.15, -0.1) is 0 Å². The molecule has 0 bridgehead atoms. The summed E-state index contributed by atoms with van der Waals surface area (Å²) in [5.74, 6) is 12.3. The van der Waals surface area contributed by atoms with E-state index in [1.165, 1.54) is 0 Å². The summed E-state index contributed by atoms with van der Waals surface area (Å²) in [5.41, 5.74) is 13.0. The van der Waals surface area contributed by atoms with E-state index in [9.17, 15) is 0 Å². The molecule has 0 heterocycles. The van der Waals surface area contributed by atoms with Crippen LogP contribution in [0.2, 0.25) is 0 Å². The Hall–Kier alpha value is -0.181. The maximum absolute atomic E-state index is 6.14. The van der Waals surface area contributed by atoms with Gasteiger partial charge in [-0.1, -0.05) is 0 Å². The normalized spacial score (nSPS) is 6.00. The fraction of sp³-hybridized carbons (Fsp3) is 0. The molecule has 11 heavy (non-hydrogen) atoms. The van der Waals surface area contributed by atoms with Gasteiger partial charge < -0.3 is 34.0 Å². The zero-order chi connectivity index (χ0) is 8.57. The van der Waals surface area contributed by atoms with E-state index in [4.69, 9.17) is 23.2 Å². The number of thiocarbonyl (C=S) groups is 2. The maximum Gasteiger partial charge on any atom is 2.00 e. The first-order chi connectivity index (χ1) is 4.54. The summed E-state index contributed by atoms with van der Waals surface area (Å²) < 4.78 is 0. The van der Waals surface area contributed by atoms with E-state index >= 15 is 0 Å². The number of nitrogens with two attached hydrogens (primary N) is 2. The second kappa shape index (κ2) is 12.5. The molecule has 0 aromatic carbocycles. The van der Waals surface area contributed by atoms with Crippen LogP contribution in [0.15, 0.2) is 0 Å². The summed E-state index contributed by atoms with van der Waals surface area (Å²) in [6.45, 7) is 0. The molecule has 0 rings (SSSR count). The third kappa shape index (κ3) is 41.2. The predicted octanol–water partition coefficient (Wildman–Crippen LogP) is -0.429. The topological polar surface area (TPSA) is 124 Å². The van der Waals surface area contributed by atoms with Crippen molar-refractivity contribution in [2.24, 2.45) is 11.5 Å². The van der Waals surface area contributed by atoms with Crippen molar-refractivity contribution in [1.29, 1.82) is 0 Å². The van der Waals surface area contributed by atoms with E-state index in [1.807, 2.05) is 0 Å². The fourth-order valence-corrected chi connectivity index (χ4v) is 0. The van der Waals surface area contributed by atoms with Gasteiger partial charge in [0.25, 0.3) is 0 Å². The third-order valence-electron chi connectivity index (χ3n) is 0.246. The van der Waals surface area contributed by atoms with Crippen molar-refractivity contribution in [2.45, 2.75) is 0 Å². The van der Waals surface area contributed by atoms with Gasteiger partial charge in [0.2, 0.25) is 0 Å². The van der Waals surface area contributed by atoms with Gasteiger partial charge in [-0.2, -0.15) is 0 Å². The molecule has 8 N–H and O–H groups in total. The van der Waals surface area contributed by atoms with Crippen LogP contribution >= 0.6 is 24.4 Å². The zero-order valence-electron chi connectivity index (χ0n) is 5.32. The van der Waals surface area contributed by atoms with Crippen molar-refractivity contribution in [3.63, 3.8) is 0 Å². The van der Waals surface area contributed by atoms with Crippen LogP contribution in [0.3, 0.4) is 0 Å². The van der Waals surface area contributed by atoms with Gasteiger partial charge in [-0.3, -0.25) is 0 Å². The summed E-state index contributed by atoms with van der Waals surface area (Å²) in [7, 11) is 0. The Morgan fingerprint density at radius 1 is 1.00 bits per heavy atom. The smallest absolute Gasteiger partial charge is 0.584 e. The second-order valence-corrected chi connectivity index (χ2v) is 1.86. The van der Waals surface area contributed by atoms with Gasteiger partial charge in [-0.25, -0.2) is 0 Å². The minimum absolute atomic E-state index is 0. The largest absolute Gasteiger partial charge is 2.00 e. The molecule has 0 amide bonds. The van der Waals surface area contributed by atoms with Crippen LogP contribution in [-0.4, -0.2) is 10.2 Å². The molecule has 9 heteroatoms. The predicted molar refractivity (Wildman–Crippen MR) is 48.5 cm³/mol. The minimum Gasteiger partial charge on any atom is -0.584 e. The molecule has 0 radical (unpaired) electrons. The van der Waals surface area contributed by atoms with Crippen molar-refractivity contribution in [2.75, 3.05) is 0 Å². The maximum atomic E-state index is 6.14. The SMILES string of the molecule is [Fe+2].[NH-]NC(N)=S.[NH-]NC(N)=S. The van der Waals surface area contributed by atoms with Crippen LogP contribution in [0.1, 0.15) is 0 Å². The van der Waals surface area contributed by atoms with E-state index in [0.29, 0.717) is 0 Å². The molecule has 0 aliphatic rings. The Kier molecular flexibility index (Phi) is 19.4. The summed E-state index contributed by atoms with van der Waals surface area (Å²) >= 11 is 8.35. The Bertz CT molecular complexity index is 103. The van der Waals surface area contributed by atoms with Crippen LogP contribution in [0.4, 0.5) is 0 Å². The van der Waals surface area contributed by atoms with Crippen LogP contribution in [0, 0.1) is 0 Å². The van der Waals surface area contributed by atoms with Crippen LogP contribution < -0.4 is 22.3 Å². The average Bonchev–Trinajstić information content (AvgIpc) is 1.89. The summed E-state index contributed by atoms with van der Waals surface area (Å²) in [4.78, 5) is 0. The van der Waals surface area contributed by atoms with Crippen molar-refractivity contribution in [3.8, 4) is 0 Å². The molecular formula is C2H8FeN6S2. The molecule has 0 aromatic rings. The Morgan fingerprint density at radius 3 is 1.09 bits per heavy atom. The van der Waals surface area contributed by atoms with Gasteiger partial charge in [0.15, 0.2) is 0 Å². The van der Waals surface area contributed by atoms with E-state index in [2.05, 4.69) is 24.4 Å². The first-order valence-corrected chi connectivity index (χ1v) is 2.80. The molecule has 0 spiro atoms. The van der Waals surface area contributed by atoms with Crippen LogP contribution in [0.5, 0.6) is 0 Å². The number of hydrogen-bond donors (Lipinski definition) is 4. The van der Waals surface area contributed by atoms with Gasteiger partial charge >= 0.3 is 17.1 Å². The van der Waals surface area contributed by atoms with Crippen molar-refractivity contribution < 1.29 is 17.1 Å². The van der Waals surface area contributed by atoms with E-state index < -0.39 is 0 Å². The Balaban J connectivity index is -0.000000107. The molecule has 0 unspecified atom stereocenters. The number of nitrogens with one attached hydrogen (secondary N) is 4. The quantitative estimate of drug-likeness (QED) is 0.257. The molecule has 0 aromatic heterocycles. The van der Waals surface area contributed by atoms with Crippen molar-refractivity contribution >= 4 is 34.7 Å².